The van der Waals surface area contributed by atoms with Gasteiger partial charge >= 0.3 is 0 Å². The molecule has 0 aliphatic rings. The van der Waals surface area contributed by atoms with E-state index in [0.717, 1.165) is 4.68 Å². The Kier molecular flexibility index (Phi) is 5.50. The molecule has 0 aliphatic heterocycles. The number of aromatic amines is 1. The minimum atomic E-state index is -0.383. The van der Waals surface area contributed by atoms with Gasteiger partial charge in [-0.15, -0.1) is 0 Å². The normalized spacial score (nSPS) is 10.7. The average Bonchev–Trinajstić information content (AvgIpc) is 3.22. The molecule has 27 heavy (non-hydrogen) atoms. The summed E-state index contributed by atoms with van der Waals surface area (Å²) in [6.45, 7) is 0.510. The Labute approximate surface area is 153 Å². The lowest BCUT2D eigenvalue weighted by Gasteiger charge is -2.08. The number of aryl methyl sites for hydroxylation is 1. The van der Waals surface area contributed by atoms with Crippen LogP contribution in [0.1, 0.15) is 17.0 Å². The summed E-state index contributed by atoms with van der Waals surface area (Å²) in [5.41, 5.74) is -0.741. The molecule has 9 heteroatoms. The molecule has 140 valence electrons. The quantitative estimate of drug-likeness (QED) is 0.513. The van der Waals surface area contributed by atoms with Gasteiger partial charge in [-0.1, -0.05) is 12.1 Å². The molecule has 9 nitrogen and oxygen atoms in total. The number of aromatic nitrogens is 2. The van der Waals surface area contributed by atoms with Crippen molar-refractivity contribution >= 4 is 22.6 Å². The van der Waals surface area contributed by atoms with Gasteiger partial charge in [0.15, 0.2) is 5.76 Å². The lowest BCUT2D eigenvalue weighted by molar-refractivity contribution is -0.121. The van der Waals surface area contributed by atoms with Crippen LogP contribution in [-0.4, -0.2) is 34.7 Å². The predicted octanol–water partition coefficient (Wildman–Crippen LogP) is 0.219. The summed E-state index contributed by atoms with van der Waals surface area (Å²) in [5, 5.41) is 8.33. The Morgan fingerprint density at radius 1 is 1.00 bits per heavy atom. The molecule has 3 N–H and O–H groups in total. The van der Waals surface area contributed by atoms with Gasteiger partial charge in [-0.2, -0.15) is 0 Å². The molecule has 0 bridgehead atoms. The molecule has 0 spiro atoms. The SMILES string of the molecule is O=C(CCn1[nH]c(=O)c2ccccc2c1=O)NCCNC(=O)c1ccco1. The van der Waals surface area contributed by atoms with Gasteiger partial charge < -0.3 is 15.1 Å². The molecule has 0 unspecified atom stereocenters. The highest BCUT2D eigenvalue weighted by Crippen LogP contribution is 2.02. The second-order valence-electron chi connectivity index (χ2n) is 5.78. The van der Waals surface area contributed by atoms with Gasteiger partial charge in [0.1, 0.15) is 0 Å². The topological polar surface area (TPSA) is 126 Å². The van der Waals surface area contributed by atoms with Crippen LogP contribution in [0.25, 0.3) is 10.8 Å². The van der Waals surface area contributed by atoms with Gasteiger partial charge in [-0.25, -0.2) is 4.68 Å². The minimum Gasteiger partial charge on any atom is -0.459 e. The summed E-state index contributed by atoms with van der Waals surface area (Å²) in [4.78, 5) is 47.9. The van der Waals surface area contributed by atoms with E-state index in [0.29, 0.717) is 10.8 Å². The van der Waals surface area contributed by atoms with E-state index in [1.54, 1.807) is 30.3 Å². The van der Waals surface area contributed by atoms with Crippen molar-refractivity contribution < 1.29 is 14.0 Å². The van der Waals surface area contributed by atoms with Crippen LogP contribution < -0.4 is 21.8 Å². The molecule has 0 saturated carbocycles. The maximum absolute atomic E-state index is 12.3. The first-order chi connectivity index (χ1) is 13.1. The predicted molar refractivity (Wildman–Crippen MR) is 97.5 cm³/mol. The molecule has 0 saturated heterocycles. The summed E-state index contributed by atoms with van der Waals surface area (Å²) < 4.78 is 6.08. The van der Waals surface area contributed by atoms with Crippen molar-refractivity contribution in [2.45, 2.75) is 13.0 Å². The summed E-state index contributed by atoms with van der Waals surface area (Å²) in [6, 6.07) is 9.65. The third-order valence-electron chi connectivity index (χ3n) is 3.92. The molecule has 3 rings (SSSR count). The monoisotopic (exact) mass is 370 g/mol. The highest BCUT2D eigenvalue weighted by atomic mass is 16.3. The average molecular weight is 370 g/mol. The fourth-order valence-corrected chi connectivity index (χ4v) is 2.58. The van der Waals surface area contributed by atoms with E-state index >= 15 is 0 Å². The van der Waals surface area contributed by atoms with Crippen molar-refractivity contribution in [3.05, 3.63) is 69.1 Å². The van der Waals surface area contributed by atoms with E-state index in [1.807, 2.05) is 0 Å². The second kappa shape index (κ2) is 8.17. The molecule has 0 fully saturated rings. The third kappa shape index (κ3) is 4.32. The molecule has 1 aromatic carbocycles. The van der Waals surface area contributed by atoms with E-state index in [4.69, 9.17) is 4.42 Å². The van der Waals surface area contributed by atoms with Crippen molar-refractivity contribution in [3.63, 3.8) is 0 Å². The molecular weight excluding hydrogens is 352 g/mol. The van der Waals surface area contributed by atoms with E-state index in [-0.39, 0.29) is 54.7 Å². The number of carbonyl (C=O) groups excluding carboxylic acids is 2. The number of hydrogen-bond donors (Lipinski definition) is 3. The van der Waals surface area contributed by atoms with Gasteiger partial charge in [0.05, 0.1) is 23.6 Å². The van der Waals surface area contributed by atoms with E-state index in [9.17, 15) is 19.2 Å². The van der Waals surface area contributed by atoms with Crippen LogP contribution in [0.4, 0.5) is 0 Å². The molecule has 0 radical (unpaired) electrons. The van der Waals surface area contributed by atoms with Crippen molar-refractivity contribution in [3.8, 4) is 0 Å². The zero-order valence-electron chi connectivity index (χ0n) is 14.4. The first-order valence-corrected chi connectivity index (χ1v) is 8.36. The summed E-state index contributed by atoms with van der Waals surface area (Å²) >= 11 is 0. The van der Waals surface area contributed by atoms with Crippen LogP contribution in [0.15, 0.2) is 56.7 Å². The minimum absolute atomic E-state index is 0.0142. The highest BCUT2D eigenvalue weighted by molar-refractivity contribution is 5.91. The number of nitrogens with one attached hydrogen (secondary N) is 3. The Morgan fingerprint density at radius 2 is 1.74 bits per heavy atom. The van der Waals surface area contributed by atoms with E-state index < -0.39 is 0 Å². The number of rotatable bonds is 7. The maximum atomic E-state index is 12.3. The number of carbonyl (C=O) groups is 2. The van der Waals surface area contributed by atoms with Crippen LogP contribution >= 0.6 is 0 Å². The van der Waals surface area contributed by atoms with Crippen LogP contribution in [0.2, 0.25) is 0 Å². The van der Waals surface area contributed by atoms with Crippen LogP contribution in [-0.2, 0) is 11.3 Å². The van der Waals surface area contributed by atoms with Crippen LogP contribution in [0, 0.1) is 0 Å². The standard InChI is InChI=1S/C18H18N4O5/c23-15(19-8-9-20-17(25)14-6-3-11-27-14)7-10-22-18(26)13-5-2-1-4-12(13)16(24)21-22/h1-6,11H,7-10H2,(H,19,23)(H,20,25)(H,21,24). The number of benzene rings is 1. The molecule has 2 heterocycles. The molecule has 3 aromatic rings. The molecular formula is C18H18N4O5. The Balaban J connectivity index is 1.49. The number of nitrogens with zero attached hydrogens (tertiary/aromatic N) is 1. The van der Waals surface area contributed by atoms with Gasteiger partial charge in [-0.3, -0.25) is 24.3 Å². The maximum Gasteiger partial charge on any atom is 0.287 e. The Hall–Kier alpha value is -3.62. The lowest BCUT2D eigenvalue weighted by Crippen LogP contribution is -2.36. The van der Waals surface area contributed by atoms with Crippen molar-refractivity contribution in [2.24, 2.45) is 0 Å². The molecule has 2 aromatic heterocycles. The highest BCUT2D eigenvalue weighted by Gasteiger charge is 2.09. The van der Waals surface area contributed by atoms with Crippen molar-refractivity contribution in [1.29, 1.82) is 0 Å². The zero-order chi connectivity index (χ0) is 19.2. The second-order valence-corrected chi connectivity index (χ2v) is 5.78. The van der Waals surface area contributed by atoms with Crippen LogP contribution in [0.5, 0.6) is 0 Å². The number of hydrogen-bond acceptors (Lipinski definition) is 5. The molecule has 0 atom stereocenters. The van der Waals surface area contributed by atoms with Gasteiger partial charge in [0.2, 0.25) is 5.91 Å². The summed E-state index contributed by atoms with van der Waals surface area (Å²) in [6.07, 6.45) is 1.41. The number of amides is 2. The molecule has 2 amide bonds. The largest absolute Gasteiger partial charge is 0.459 e. The third-order valence-corrected chi connectivity index (χ3v) is 3.92. The molecule has 0 aliphatic carbocycles. The van der Waals surface area contributed by atoms with Crippen LogP contribution in [0.3, 0.4) is 0 Å². The van der Waals surface area contributed by atoms with Gasteiger partial charge in [0.25, 0.3) is 17.0 Å². The van der Waals surface area contributed by atoms with E-state index in [2.05, 4.69) is 15.7 Å². The first-order valence-electron chi connectivity index (χ1n) is 8.36. The number of fused-ring (bicyclic) bond motifs is 1. The smallest absolute Gasteiger partial charge is 0.287 e. The van der Waals surface area contributed by atoms with E-state index in [1.165, 1.54) is 12.3 Å². The number of H-pyrrole nitrogens is 1. The van der Waals surface area contributed by atoms with Gasteiger partial charge in [0, 0.05) is 19.5 Å². The van der Waals surface area contributed by atoms with Gasteiger partial charge in [-0.05, 0) is 24.3 Å². The summed E-state index contributed by atoms with van der Waals surface area (Å²) in [7, 11) is 0. The zero-order valence-corrected chi connectivity index (χ0v) is 14.4. The Bertz CT molecular complexity index is 1070. The summed E-state index contributed by atoms with van der Waals surface area (Å²) in [5.74, 6) is -0.473. The number of furan rings is 1. The first kappa shape index (κ1) is 18.2. The van der Waals surface area contributed by atoms with Crippen molar-refractivity contribution in [2.75, 3.05) is 13.1 Å². The fourth-order valence-electron chi connectivity index (χ4n) is 2.58. The van der Waals surface area contributed by atoms with Crippen molar-refractivity contribution in [1.82, 2.24) is 20.4 Å². The fraction of sp³-hybridized carbons (Fsp3) is 0.222. The Morgan fingerprint density at radius 3 is 2.48 bits per heavy atom. The lowest BCUT2D eigenvalue weighted by atomic mass is 10.2.